The van der Waals surface area contributed by atoms with Crippen LogP contribution in [-0.2, 0) is 4.74 Å². The quantitative estimate of drug-likeness (QED) is 0.162. The molecule has 0 saturated carbocycles. The number of rotatable bonds is 19. The zero-order valence-electron chi connectivity index (χ0n) is 17.6. The predicted octanol–water partition coefficient (Wildman–Crippen LogP) is 5.74. The first-order valence-corrected chi connectivity index (χ1v) is 23.3. The Labute approximate surface area is 197 Å². The fourth-order valence-corrected chi connectivity index (χ4v) is 8.96. The molecule has 151 valence electrons. The van der Waals surface area contributed by atoms with Gasteiger partial charge in [0.1, 0.15) is 0 Å². The van der Waals surface area contributed by atoms with Crippen molar-refractivity contribution >= 4 is 49.2 Å². The van der Waals surface area contributed by atoms with Crippen LogP contribution in [0.4, 0.5) is 0 Å². The van der Waals surface area contributed by atoms with Gasteiger partial charge in [0.05, 0.1) is 0 Å². The summed E-state index contributed by atoms with van der Waals surface area (Å²) < 4.78 is 6.05. The molecular weight excluding hydrogens is 511 g/mol. The topological polar surface area (TPSA) is 21.3 Å². The Kier molecular flexibility index (Phi) is 20.3. The first kappa shape index (κ1) is 26.0. The molecule has 1 saturated heterocycles. The number of hydrogen-bond donors (Lipinski definition) is 1. The van der Waals surface area contributed by atoms with Crippen molar-refractivity contribution in [1.29, 1.82) is 0 Å². The van der Waals surface area contributed by atoms with Gasteiger partial charge in [-0.05, 0) is 0 Å². The summed E-state index contributed by atoms with van der Waals surface area (Å²) in [5, 5.41) is 4.30. The molecule has 1 rings (SSSR count). The first-order valence-electron chi connectivity index (χ1n) is 11.6. The van der Waals surface area contributed by atoms with Crippen LogP contribution in [0.5, 0.6) is 0 Å². The Morgan fingerprint density at radius 2 is 1.27 bits per heavy atom. The third kappa shape index (κ3) is 15.9. The Morgan fingerprint density at radius 3 is 1.73 bits per heavy atom. The summed E-state index contributed by atoms with van der Waals surface area (Å²) in [6.45, 7) is 4.59. The molecule has 0 bridgehead atoms. The Hall–Kier alpha value is 2.01. The van der Waals surface area contributed by atoms with Crippen LogP contribution in [0, 0.1) is 0 Å². The average Bonchev–Trinajstić information content (AvgIpc) is 3.12. The molecule has 1 aliphatic heterocycles. The van der Waals surface area contributed by atoms with Crippen molar-refractivity contribution in [2.24, 2.45) is 0 Å². The zero-order chi connectivity index (χ0) is 18.7. The standard InChI is InChI=1S/C22H45NOSe.Ba/c1-2-3-4-5-6-7-8-9-10-11-12-13-14-15-16-19-23-20-21-17-18-22(25)24-21;/h21-23,25H,2-20H2,1H3;/q;+1/p-1. The Balaban J connectivity index is 1.67. The van der Waals surface area contributed by atoms with Crippen molar-refractivity contribution < 1.29 is 4.74 Å². The van der Waals surface area contributed by atoms with Crippen molar-refractivity contribution in [3.63, 3.8) is 0 Å². The van der Waals surface area contributed by atoms with Crippen LogP contribution < -0.4 is 5.32 Å². The average molecular weight is 555 g/mol. The van der Waals surface area contributed by atoms with Crippen LogP contribution in [0.1, 0.15) is 116 Å². The van der Waals surface area contributed by atoms with Crippen LogP contribution in [0.15, 0.2) is 0 Å². The van der Waals surface area contributed by atoms with E-state index in [-0.39, 0.29) is 0 Å². The van der Waals surface area contributed by atoms with Gasteiger partial charge in [-0.1, -0.05) is 64.7 Å². The summed E-state index contributed by atoms with van der Waals surface area (Å²) in [7, 11) is 0. The summed E-state index contributed by atoms with van der Waals surface area (Å²) in [6.07, 6.45) is 25.7. The third-order valence-corrected chi connectivity index (χ3v) is 13.2. The van der Waals surface area contributed by atoms with Crippen LogP contribution in [0.3, 0.4) is 0 Å². The van der Waals surface area contributed by atoms with Gasteiger partial charge in [0.2, 0.25) is 0 Å². The van der Waals surface area contributed by atoms with Gasteiger partial charge >= 0.3 is 135 Å². The SMILES string of the molecule is CCCCCCCCCCCCCCCCCNCC1CCC([Se][Ba])O1. The Morgan fingerprint density at radius 1 is 0.769 bits per heavy atom. The second-order valence-electron chi connectivity index (χ2n) is 8.09. The van der Waals surface area contributed by atoms with E-state index < -0.39 is 0 Å². The number of ether oxygens (including phenoxy) is 1. The summed E-state index contributed by atoms with van der Waals surface area (Å²) >= 11 is 0.967. The normalized spacial score (nSPS) is 20.0. The van der Waals surface area contributed by atoms with E-state index in [1.54, 1.807) is 0 Å². The van der Waals surface area contributed by atoms with E-state index >= 15 is 0 Å². The van der Waals surface area contributed by atoms with Gasteiger partial charge in [-0.25, -0.2) is 0 Å². The van der Waals surface area contributed by atoms with Gasteiger partial charge in [0, 0.05) is 0 Å². The van der Waals surface area contributed by atoms with E-state index in [9.17, 15) is 0 Å². The van der Waals surface area contributed by atoms with E-state index in [0.717, 1.165) is 55.8 Å². The van der Waals surface area contributed by atoms with Crippen molar-refractivity contribution in [1.82, 2.24) is 5.32 Å². The van der Waals surface area contributed by atoms with E-state index in [0.29, 0.717) is 11.1 Å². The zero-order valence-corrected chi connectivity index (χ0v) is 23.8. The van der Waals surface area contributed by atoms with Gasteiger partial charge in [0.15, 0.2) is 0 Å². The monoisotopic (exact) mass is 556 g/mol. The number of hydrogen-bond acceptors (Lipinski definition) is 2. The van der Waals surface area contributed by atoms with E-state index in [2.05, 4.69) is 12.2 Å². The van der Waals surface area contributed by atoms with Gasteiger partial charge in [-0.15, -0.1) is 0 Å². The maximum atomic E-state index is 6.05. The molecule has 2 unspecified atom stereocenters. The van der Waals surface area contributed by atoms with Crippen LogP contribution in [-0.4, -0.2) is 73.4 Å². The van der Waals surface area contributed by atoms with Gasteiger partial charge in [-0.2, -0.15) is 0 Å². The molecule has 0 aromatic rings. The summed E-state index contributed by atoms with van der Waals surface area (Å²) in [4.78, 5) is 0. The molecule has 1 fully saturated rings. The van der Waals surface area contributed by atoms with Crippen molar-refractivity contribution in [2.45, 2.75) is 127 Å². The van der Waals surface area contributed by atoms with Gasteiger partial charge in [0.25, 0.3) is 0 Å². The van der Waals surface area contributed by atoms with E-state index in [4.69, 9.17) is 4.74 Å². The fourth-order valence-electron chi connectivity index (χ4n) is 3.83. The van der Waals surface area contributed by atoms with Gasteiger partial charge in [-0.3, -0.25) is 0 Å². The Bertz CT molecular complexity index is 293. The number of unbranched alkanes of at least 4 members (excludes halogenated alkanes) is 14. The molecule has 0 amide bonds. The molecular formula is C22H44BaNOSe. The van der Waals surface area contributed by atoms with Crippen LogP contribution in [0.25, 0.3) is 0 Å². The molecule has 0 aliphatic carbocycles. The molecule has 0 aromatic heterocycles. The fraction of sp³-hybridized carbons (Fsp3) is 1.00. The minimum atomic E-state index is 0.529. The second kappa shape index (κ2) is 20.3. The van der Waals surface area contributed by atoms with E-state index in [1.807, 2.05) is 0 Å². The molecule has 26 heavy (non-hydrogen) atoms. The molecule has 0 aromatic carbocycles. The molecule has 1 radical (unpaired) electrons. The minimum absolute atomic E-state index is 0.529. The van der Waals surface area contributed by atoms with Crippen molar-refractivity contribution in [2.75, 3.05) is 13.1 Å². The van der Waals surface area contributed by atoms with Crippen LogP contribution >= 0.6 is 0 Å². The summed E-state index contributed by atoms with van der Waals surface area (Å²) in [5.41, 5.74) is 0. The second-order valence-corrected chi connectivity index (χ2v) is 15.3. The van der Waals surface area contributed by atoms with Crippen molar-refractivity contribution in [3.05, 3.63) is 0 Å². The predicted molar refractivity (Wildman–Crippen MR) is 117 cm³/mol. The first-order chi connectivity index (χ1) is 12.9. The molecule has 1 N–H and O–H groups in total. The molecule has 1 heterocycles. The van der Waals surface area contributed by atoms with Crippen LogP contribution in [0.2, 0.25) is 0 Å². The molecule has 1 aliphatic rings. The summed E-state index contributed by atoms with van der Waals surface area (Å²) in [6, 6.07) is 0. The maximum absolute atomic E-state index is 6.05. The van der Waals surface area contributed by atoms with Gasteiger partial charge < -0.3 is 0 Å². The number of nitrogens with one attached hydrogen (secondary N) is 1. The van der Waals surface area contributed by atoms with E-state index in [1.165, 1.54) is 116 Å². The molecule has 4 heteroatoms. The summed E-state index contributed by atoms with van der Waals surface area (Å²) in [5.74, 6) is 0. The van der Waals surface area contributed by atoms with Crippen molar-refractivity contribution in [3.8, 4) is 0 Å². The third-order valence-electron chi connectivity index (χ3n) is 5.58. The molecule has 2 atom stereocenters. The molecule has 2 nitrogen and oxygen atoms in total. The molecule has 0 spiro atoms.